The van der Waals surface area contributed by atoms with Gasteiger partial charge in [-0.15, -0.1) is 11.3 Å². The van der Waals surface area contributed by atoms with Crippen LogP contribution < -0.4 is 16.5 Å². The Bertz CT molecular complexity index is 577. The number of hydrogen-bond donors (Lipinski definition) is 2. The Balaban J connectivity index is 2.36. The number of nitrogens with zero attached hydrogens (tertiary/aromatic N) is 1. The molecule has 0 aliphatic rings. The Kier molecular flexibility index (Phi) is 1.97. The zero-order valence-corrected chi connectivity index (χ0v) is 8.42. The van der Waals surface area contributed by atoms with Crippen molar-refractivity contribution in [2.45, 2.75) is 6.92 Å². The topological polar surface area (TPSA) is 88.4 Å². The van der Waals surface area contributed by atoms with E-state index in [-0.39, 0.29) is 5.56 Å². The number of nitrogens with one attached hydrogen (secondary N) is 1. The maximum Gasteiger partial charge on any atom is 0.340 e. The highest BCUT2D eigenvalue weighted by molar-refractivity contribution is 7.16. The second kappa shape index (κ2) is 3.06. The minimum Gasteiger partial charge on any atom is -0.478 e. The second-order valence-electron chi connectivity index (χ2n) is 2.96. The number of rotatable bonds is 3. The summed E-state index contributed by atoms with van der Waals surface area (Å²) in [5.74, 6) is -1.09. The molecule has 0 fully saturated rings. The molecule has 0 bridgehead atoms. The van der Waals surface area contributed by atoms with E-state index in [1.165, 1.54) is 17.4 Å². The molecule has 0 unspecified atom stereocenters. The number of carbonyl (C=O) groups is 1. The fraction of sp³-hybridized carbons (Fsp3) is 0.125. The van der Waals surface area contributed by atoms with Crippen LogP contribution in [0.3, 0.4) is 0 Å². The molecule has 2 aromatic heterocycles. The van der Waals surface area contributed by atoms with Crippen LogP contribution in [0.5, 0.6) is 0 Å². The average molecular weight is 226 g/mol. The molecular weight excluding hydrogens is 220 g/mol. The van der Waals surface area contributed by atoms with Crippen molar-refractivity contribution in [2.24, 2.45) is 0 Å². The highest BCUT2D eigenvalue weighted by Gasteiger charge is 2.20. The number of aromatic carboxylic acids is 1. The van der Waals surface area contributed by atoms with Crippen molar-refractivity contribution >= 4 is 22.3 Å². The summed E-state index contributed by atoms with van der Waals surface area (Å²) in [7, 11) is 0. The van der Waals surface area contributed by atoms with E-state index in [1.807, 2.05) is 0 Å². The molecule has 0 aliphatic heterocycles. The largest absolute Gasteiger partial charge is 0.478 e. The van der Waals surface area contributed by atoms with Gasteiger partial charge in [-0.3, -0.25) is 15.0 Å². The van der Waals surface area contributed by atoms with Gasteiger partial charge >= 0.3 is 17.1 Å². The zero-order chi connectivity index (χ0) is 11.2. The first-order chi connectivity index (χ1) is 7.00. The fourth-order valence-electron chi connectivity index (χ4n) is 1.09. The van der Waals surface area contributed by atoms with Crippen LogP contribution in [0.25, 0.3) is 0 Å². The molecule has 78 valence electrons. The number of carboxylic acids is 1. The number of aryl methyl sites for hydroxylation is 1. The van der Waals surface area contributed by atoms with Gasteiger partial charge < -0.3 is 5.11 Å². The lowest BCUT2D eigenvalue weighted by atomic mass is 10.3. The summed E-state index contributed by atoms with van der Waals surface area (Å²) in [5.41, 5.74) is 1.21. The van der Waals surface area contributed by atoms with Gasteiger partial charge in [-0.1, -0.05) is 0 Å². The van der Waals surface area contributed by atoms with E-state index in [0.717, 1.165) is 9.55 Å². The smallest absolute Gasteiger partial charge is 0.340 e. The summed E-state index contributed by atoms with van der Waals surface area (Å²) in [6.07, 6.45) is 0. The van der Waals surface area contributed by atoms with Crippen molar-refractivity contribution in [3.05, 3.63) is 37.2 Å². The van der Waals surface area contributed by atoms with E-state index >= 15 is 0 Å². The van der Waals surface area contributed by atoms with Crippen LogP contribution in [0.15, 0.2) is 15.7 Å². The van der Waals surface area contributed by atoms with Gasteiger partial charge in [-0.05, 0) is 13.0 Å². The standard InChI is InChI=1S/C8H6N2O4S/c1-3-2-4(8(13)14)5(15-3)9-10-6(11)7(10)12/h2,9H,1H3,(H,13,14). The lowest BCUT2D eigenvalue weighted by molar-refractivity contribution is 0.0698. The van der Waals surface area contributed by atoms with E-state index in [4.69, 9.17) is 5.11 Å². The van der Waals surface area contributed by atoms with E-state index in [0.29, 0.717) is 5.00 Å². The van der Waals surface area contributed by atoms with Crippen molar-refractivity contribution in [1.82, 2.24) is 4.68 Å². The van der Waals surface area contributed by atoms with Gasteiger partial charge in [0, 0.05) is 4.88 Å². The molecule has 6 nitrogen and oxygen atoms in total. The first-order valence-electron chi connectivity index (χ1n) is 3.99. The predicted molar refractivity (Wildman–Crippen MR) is 54.4 cm³/mol. The highest BCUT2D eigenvalue weighted by atomic mass is 32.1. The Morgan fingerprint density at radius 3 is 2.53 bits per heavy atom. The number of carboxylic acid groups (broad SMARTS) is 1. The SMILES string of the molecule is Cc1cc(C(=O)O)c(Nn2c(=O)c2=O)s1. The van der Waals surface area contributed by atoms with Gasteiger partial charge in [0.25, 0.3) is 0 Å². The summed E-state index contributed by atoms with van der Waals surface area (Å²) < 4.78 is 0.776. The minimum atomic E-state index is -1.09. The van der Waals surface area contributed by atoms with Crippen LogP contribution in [0.2, 0.25) is 0 Å². The van der Waals surface area contributed by atoms with Crippen LogP contribution in [0, 0.1) is 6.92 Å². The van der Waals surface area contributed by atoms with Crippen LogP contribution in [0.1, 0.15) is 15.2 Å². The Hall–Kier alpha value is -1.89. The van der Waals surface area contributed by atoms with Gasteiger partial charge in [-0.25, -0.2) is 4.79 Å². The van der Waals surface area contributed by atoms with Gasteiger partial charge in [0.15, 0.2) is 0 Å². The summed E-state index contributed by atoms with van der Waals surface area (Å²) in [4.78, 5) is 32.9. The fourth-order valence-corrected chi connectivity index (χ4v) is 1.99. The van der Waals surface area contributed by atoms with E-state index in [1.54, 1.807) is 6.92 Å². The van der Waals surface area contributed by atoms with Crippen LogP contribution in [-0.4, -0.2) is 15.8 Å². The maximum atomic E-state index is 10.8. The van der Waals surface area contributed by atoms with Crippen LogP contribution >= 0.6 is 11.3 Å². The summed E-state index contributed by atoms with van der Waals surface area (Å²) >= 11 is 1.18. The Morgan fingerprint density at radius 1 is 1.47 bits per heavy atom. The molecule has 2 heterocycles. The molecule has 0 radical (unpaired) electrons. The molecule has 15 heavy (non-hydrogen) atoms. The normalized spacial score (nSPS) is 10.7. The van der Waals surface area contributed by atoms with Gasteiger partial charge in [0.2, 0.25) is 0 Å². The molecule has 0 aromatic carbocycles. The molecule has 2 N–H and O–H groups in total. The third-order valence-corrected chi connectivity index (χ3v) is 2.79. The molecule has 2 rings (SSSR count). The lowest BCUT2D eigenvalue weighted by Gasteiger charge is -1.97. The zero-order valence-electron chi connectivity index (χ0n) is 7.60. The summed E-state index contributed by atoms with van der Waals surface area (Å²) in [6.45, 7) is 1.74. The molecule has 0 spiro atoms. The minimum absolute atomic E-state index is 0.0602. The van der Waals surface area contributed by atoms with Gasteiger partial charge in [0.1, 0.15) is 5.00 Å². The monoisotopic (exact) mass is 226 g/mol. The van der Waals surface area contributed by atoms with E-state index in [9.17, 15) is 14.4 Å². The van der Waals surface area contributed by atoms with Crippen molar-refractivity contribution in [1.29, 1.82) is 0 Å². The third-order valence-electron chi connectivity index (χ3n) is 1.84. The first kappa shape index (κ1) is 9.66. The van der Waals surface area contributed by atoms with Gasteiger partial charge in [-0.2, -0.15) is 4.68 Å². The maximum absolute atomic E-state index is 10.8. The van der Waals surface area contributed by atoms with Crippen molar-refractivity contribution in [2.75, 3.05) is 5.43 Å². The van der Waals surface area contributed by atoms with E-state index in [2.05, 4.69) is 5.43 Å². The highest BCUT2D eigenvalue weighted by Crippen LogP contribution is 2.27. The van der Waals surface area contributed by atoms with E-state index < -0.39 is 17.1 Å². The number of anilines is 1. The average Bonchev–Trinajstić information content (AvgIpc) is 2.62. The Morgan fingerprint density at radius 2 is 2.07 bits per heavy atom. The lowest BCUT2D eigenvalue weighted by Crippen LogP contribution is -2.09. The Labute approximate surface area is 87.1 Å². The second-order valence-corrected chi connectivity index (χ2v) is 4.22. The summed E-state index contributed by atoms with van der Waals surface area (Å²) in [6, 6.07) is 1.48. The molecule has 0 atom stereocenters. The first-order valence-corrected chi connectivity index (χ1v) is 4.81. The molecule has 2 aromatic rings. The predicted octanol–water partition coefficient (Wildman–Crippen LogP) is 0.0274. The molecule has 0 saturated heterocycles. The quantitative estimate of drug-likeness (QED) is 0.721. The molecule has 7 heteroatoms. The molecular formula is C8H6N2O4S. The summed E-state index contributed by atoms with van der Waals surface area (Å²) in [5, 5.41) is 9.11. The molecule has 0 amide bonds. The van der Waals surface area contributed by atoms with Crippen molar-refractivity contribution < 1.29 is 9.90 Å². The number of aromatic nitrogens is 1. The van der Waals surface area contributed by atoms with Crippen molar-refractivity contribution in [3.63, 3.8) is 0 Å². The number of thiophene rings is 1. The number of hydrogen-bond acceptors (Lipinski definition) is 5. The van der Waals surface area contributed by atoms with Gasteiger partial charge in [0.05, 0.1) is 5.56 Å². The molecule has 0 aliphatic carbocycles. The van der Waals surface area contributed by atoms with Crippen LogP contribution in [0.4, 0.5) is 5.00 Å². The third kappa shape index (κ3) is 1.57. The molecule has 0 saturated carbocycles. The van der Waals surface area contributed by atoms with Crippen molar-refractivity contribution in [3.8, 4) is 0 Å². The van der Waals surface area contributed by atoms with Crippen LogP contribution in [-0.2, 0) is 0 Å².